The molecule has 12 nitrogen and oxygen atoms in total. The highest BCUT2D eigenvalue weighted by atomic mass is 16.4. The number of aliphatic carboxylic acids is 2. The van der Waals surface area contributed by atoms with Gasteiger partial charge in [-0.25, -0.2) is 4.79 Å². The molecule has 0 saturated carbocycles. The number of carbonyl (C=O) groups is 5. The van der Waals surface area contributed by atoms with E-state index in [-0.39, 0.29) is 19.3 Å². The van der Waals surface area contributed by atoms with Crippen molar-refractivity contribution in [3.8, 4) is 0 Å². The Kier molecular flexibility index (Phi) is 11.2. The van der Waals surface area contributed by atoms with Gasteiger partial charge in [0.1, 0.15) is 18.1 Å². The Morgan fingerprint density at radius 3 is 2.10 bits per heavy atom. The van der Waals surface area contributed by atoms with Crippen molar-refractivity contribution in [3.63, 3.8) is 0 Å². The third-order valence-electron chi connectivity index (χ3n) is 6.88. The van der Waals surface area contributed by atoms with E-state index in [1.807, 2.05) is 24.3 Å². The number of aromatic nitrogens is 1. The maximum absolute atomic E-state index is 13.3. The van der Waals surface area contributed by atoms with Crippen LogP contribution in [0.2, 0.25) is 0 Å². The number of benzene rings is 2. The molecule has 3 amide bonds. The lowest BCUT2D eigenvalue weighted by molar-refractivity contribution is -0.143. The largest absolute Gasteiger partial charge is 0.481 e. The molecule has 3 aromatic rings. The molecule has 4 atom stereocenters. The minimum Gasteiger partial charge on any atom is -0.481 e. The van der Waals surface area contributed by atoms with E-state index in [0.29, 0.717) is 5.56 Å². The second kappa shape index (κ2) is 14.8. The molecule has 1 heterocycles. The summed E-state index contributed by atoms with van der Waals surface area (Å²) in [7, 11) is 0. The number of nitrogens with one attached hydrogen (secondary N) is 4. The van der Waals surface area contributed by atoms with Crippen LogP contribution in [0, 0.1) is 5.92 Å². The normalized spacial score (nSPS) is 14.0. The minimum atomic E-state index is -1.36. The first kappa shape index (κ1) is 31.8. The van der Waals surface area contributed by atoms with Gasteiger partial charge in [0, 0.05) is 29.9 Å². The van der Waals surface area contributed by atoms with Crippen molar-refractivity contribution < 1.29 is 34.2 Å². The molecule has 1 aromatic heterocycles. The van der Waals surface area contributed by atoms with Gasteiger partial charge in [-0.15, -0.1) is 0 Å². The van der Waals surface area contributed by atoms with E-state index in [0.717, 1.165) is 16.5 Å². The predicted molar refractivity (Wildman–Crippen MR) is 155 cm³/mol. The average Bonchev–Trinajstić information content (AvgIpc) is 3.36. The SMILES string of the molecule is CC(C)C(NC(=O)C(N)Cc1c[nH]c2ccccc12)C(=O)NC(CCC(=O)O)C(=O)NC(Cc1ccccc1)C(=O)O. The fourth-order valence-electron chi connectivity index (χ4n) is 4.55. The average molecular weight is 580 g/mol. The molecule has 8 N–H and O–H groups in total. The van der Waals surface area contributed by atoms with Gasteiger partial charge in [-0.3, -0.25) is 19.2 Å². The fraction of sp³-hybridized carbons (Fsp3) is 0.367. The molecule has 2 aromatic carbocycles. The number of hydrogen-bond donors (Lipinski definition) is 7. The Morgan fingerprint density at radius 2 is 1.45 bits per heavy atom. The maximum atomic E-state index is 13.3. The second-order valence-electron chi connectivity index (χ2n) is 10.5. The van der Waals surface area contributed by atoms with Gasteiger partial charge in [0.05, 0.1) is 6.04 Å². The topological polar surface area (TPSA) is 204 Å². The molecule has 0 aliphatic heterocycles. The number of hydrogen-bond acceptors (Lipinski definition) is 6. The van der Waals surface area contributed by atoms with E-state index >= 15 is 0 Å². The standard InChI is InChI=1S/C30H37N5O7/c1-17(2)26(35-27(38)21(31)15-19-16-32-22-11-7-6-10-20(19)22)29(40)33-23(12-13-25(36)37)28(39)34-24(30(41)42)14-18-8-4-3-5-9-18/h3-11,16-17,21,23-24,26,32H,12-15,31H2,1-2H3,(H,33,40)(H,34,39)(H,35,38)(H,36,37)(H,41,42). The van der Waals surface area contributed by atoms with Crippen LogP contribution in [-0.4, -0.2) is 69.0 Å². The number of carboxylic acid groups (broad SMARTS) is 2. The third kappa shape index (κ3) is 8.90. The maximum Gasteiger partial charge on any atom is 0.326 e. The summed E-state index contributed by atoms with van der Waals surface area (Å²) in [5.41, 5.74) is 8.59. The van der Waals surface area contributed by atoms with Crippen LogP contribution in [-0.2, 0) is 36.8 Å². The van der Waals surface area contributed by atoms with Crippen molar-refractivity contribution in [1.82, 2.24) is 20.9 Å². The summed E-state index contributed by atoms with van der Waals surface area (Å²) in [6.45, 7) is 3.39. The van der Waals surface area contributed by atoms with Crippen molar-refractivity contribution in [1.29, 1.82) is 0 Å². The van der Waals surface area contributed by atoms with Crippen LogP contribution in [0.1, 0.15) is 37.8 Å². The lowest BCUT2D eigenvalue weighted by Crippen LogP contribution is -2.58. The fourth-order valence-corrected chi connectivity index (χ4v) is 4.55. The quantitative estimate of drug-likeness (QED) is 0.140. The molecule has 0 spiro atoms. The van der Waals surface area contributed by atoms with Crippen LogP contribution >= 0.6 is 0 Å². The number of rotatable bonds is 15. The highest BCUT2D eigenvalue weighted by molar-refractivity contribution is 5.94. The monoisotopic (exact) mass is 579 g/mol. The molecule has 4 unspecified atom stereocenters. The number of nitrogens with two attached hydrogens (primary N) is 1. The zero-order valence-corrected chi connectivity index (χ0v) is 23.5. The first-order valence-corrected chi connectivity index (χ1v) is 13.7. The Morgan fingerprint density at radius 1 is 0.810 bits per heavy atom. The molecule has 0 fully saturated rings. The van der Waals surface area contributed by atoms with Gasteiger partial charge in [-0.05, 0) is 36.0 Å². The summed E-state index contributed by atoms with van der Waals surface area (Å²) < 4.78 is 0. The lowest BCUT2D eigenvalue weighted by atomic mass is 10.00. The van der Waals surface area contributed by atoms with Crippen LogP contribution < -0.4 is 21.7 Å². The van der Waals surface area contributed by atoms with E-state index < -0.39 is 66.2 Å². The molecule has 0 aliphatic carbocycles. The molecular formula is C30H37N5O7. The summed E-state index contributed by atoms with van der Waals surface area (Å²) in [5, 5.41) is 27.3. The highest BCUT2D eigenvalue weighted by Crippen LogP contribution is 2.19. The third-order valence-corrected chi connectivity index (χ3v) is 6.88. The van der Waals surface area contributed by atoms with Crippen LogP contribution in [0.25, 0.3) is 10.9 Å². The van der Waals surface area contributed by atoms with Crippen molar-refractivity contribution in [2.45, 2.75) is 63.7 Å². The molecule has 0 aliphatic rings. The molecular weight excluding hydrogens is 542 g/mol. The van der Waals surface area contributed by atoms with Gasteiger partial charge in [0.15, 0.2) is 0 Å². The number of amides is 3. The molecule has 0 bridgehead atoms. The van der Waals surface area contributed by atoms with Crippen LogP contribution in [0.15, 0.2) is 60.8 Å². The summed E-state index contributed by atoms with van der Waals surface area (Å²) in [5.74, 6) is -5.04. The van der Waals surface area contributed by atoms with E-state index in [9.17, 15) is 34.2 Å². The number of aromatic amines is 1. The zero-order chi connectivity index (χ0) is 30.8. The lowest BCUT2D eigenvalue weighted by Gasteiger charge is -2.27. The molecule has 0 radical (unpaired) electrons. The highest BCUT2D eigenvalue weighted by Gasteiger charge is 2.32. The van der Waals surface area contributed by atoms with Crippen molar-refractivity contribution in [2.75, 3.05) is 0 Å². The van der Waals surface area contributed by atoms with Gasteiger partial charge < -0.3 is 36.9 Å². The first-order valence-electron chi connectivity index (χ1n) is 13.7. The van der Waals surface area contributed by atoms with Gasteiger partial charge >= 0.3 is 11.9 Å². The Labute approximate surface area is 243 Å². The summed E-state index contributed by atoms with van der Waals surface area (Å²) >= 11 is 0. The predicted octanol–water partition coefficient (Wildman–Crippen LogP) is 1.34. The molecule has 224 valence electrons. The van der Waals surface area contributed by atoms with Crippen molar-refractivity contribution in [2.24, 2.45) is 11.7 Å². The molecule has 3 rings (SSSR count). The zero-order valence-electron chi connectivity index (χ0n) is 23.5. The number of carbonyl (C=O) groups excluding carboxylic acids is 3. The first-order chi connectivity index (χ1) is 20.0. The Bertz CT molecular complexity index is 1410. The number of para-hydroxylation sites is 1. The van der Waals surface area contributed by atoms with E-state index in [2.05, 4.69) is 20.9 Å². The number of H-pyrrole nitrogens is 1. The molecule has 42 heavy (non-hydrogen) atoms. The van der Waals surface area contributed by atoms with Crippen molar-refractivity contribution >= 4 is 40.6 Å². The van der Waals surface area contributed by atoms with E-state index in [1.54, 1.807) is 50.4 Å². The van der Waals surface area contributed by atoms with Crippen LogP contribution in [0.5, 0.6) is 0 Å². The van der Waals surface area contributed by atoms with Crippen LogP contribution in [0.3, 0.4) is 0 Å². The Hall–Kier alpha value is -4.71. The smallest absolute Gasteiger partial charge is 0.326 e. The van der Waals surface area contributed by atoms with E-state index in [4.69, 9.17) is 5.73 Å². The Balaban J connectivity index is 1.69. The van der Waals surface area contributed by atoms with Gasteiger partial charge in [0.25, 0.3) is 0 Å². The summed E-state index contributed by atoms with van der Waals surface area (Å²) in [4.78, 5) is 65.6. The van der Waals surface area contributed by atoms with Crippen LogP contribution in [0.4, 0.5) is 0 Å². The van der Waals surface area contributed by atoms with Crippen molar-refractivity contribution in [3.05, 3.63) is 71.9 Å². The molecule has 0 saturated heterocycles. The summed E-state index contributed by atoms with van der Waals surface area (Å²) in [6, 6.07) is 11.5. The van der Waals surface area contributed by atoms with Gasteiger partial charge in [-0.2, -0.15) is 0 Å². The number of carboxylic acids is 2. The van der Waals surface area contributed by atoms with Gasteiger partial charge in [-0.1, -0.05) is 62.4 Å². The minimum absolute atomic E-state index is 0.0134. The second-order valence-corrected chi connectivity index (χ2v) is 10.5. The molecule has 12 heteroatoms. The number of fused-ring (bicyclic) bond motifs is 1. The summed E-state index contributed by atoms with van der Waals surface area (Å²) in [6.07, 6.45) is 1.23. The van der Waals surface area contributed by atoms with E-state index in [1.165, 1.54) is 0 Å². The van der Waals surface area contributed by atoms with Gasteiger partial charge in [0.2, 0.25) is 17.7 Å².